The second-order valence-electron chi connectivity index (χ2n) is 6.65. The maximum Gasteiger partial charge on any atom is 0.272 e. The van der Waals surface area contributed by atoms with E-state index in [1.165, 1.54) is 0 Å². The number of nitrogens with one attached hydrogen (secondary N) is 2. The number of amides is 2. The summed E-state index contributed by atoms with van der Waals surface area (Å²) in [5.74, 6) is -0.779. The first kappa shape index (κ1) is 19.1. The number of fused-ring (bicyclic) bond motifs is 1. The van der Waals surface area contributed by atoms with Crippen LogP contribution in [-0.2, 0) is 4.79 Å². The molecule has 0 atom stereocenters. The van der Waals surface area contributed by atoms with Gasteiger partial charge in [-0.25, -0.2) is 0 Å². The van der Waals surface area contributed by atoms with Gasteiger partial charge in [-0.3, -0.25) is 14.6 Å². The number of aromatic nitrogens is 1. The van der Waals surface area contributed by atoms with Crippen LogP contribution in [0.25, 0.3) is 16.8 Å². The maximum atomic E-state index is 13.1. The van der Waals surface area contributed by atoms with Crippen LogP contribution in [-0.4, -0.2) is 16.8 Å². The molecule has 2 amide bonds. The Bertz CT molecular complexity index is 1210. The lowest BCUT2D eigenvalue weighted by atomic mass is 10.1. The SMILES string of the molecule is O=C(Nc1cccc2ccccc12)/C(=C/c1cccnc1)NC(=O)c1ccccc1. The molecule has 2 N–H and O–H groups in total. The second-order valence-corrected chi connectivity index (χ2v) is 6.65. The van der Waals surface area contributed by atoms with E-state index in [9.17, 15) is 9.59 Å². The van der Waals surface area contributed by atoms with Gasteiger partial charge in [-0.05, 0) is 41.3 Å². The highest BCUT2D eigenvalue weighted by molar-refractivity contribution is 6.13. The Balaban J connectivity index is 1.65. The van der Waals surface area contributed by atoms with Crippen LogP contribution in [0.15, 0.2) is 103 Å². The van der Waals surface area contributed by atoms with Crippen molar-refractivity contribution in [3.63, 3.8) is 0 Å². The van der Waals surface area contributed by atoms with Gasteiger partial charge in [-0.15, -0.1) is 0 Å². The van der Waals surface area contributed by atoms with Crippen LogP contribution >= 0.6 is 0 Å². The van der Waals surface area contributed by atoms with Crippen molar-refractivity contribution >= 4 is 34.4 Å². The minimum atomic E-state index is -0.417. The lowest BCUT2D eigenvalue weighted by molar-refractivity contribution is -0.113. The van der Waals surface area contributed by atoms with E-state index >= 15 is 0 Å². The molecular weight excluding hydrogens is 374 g/mol. The summed E-state index contributed by atoms with van der Waals surface area (Å²) in [6.07, 6.45) is 4.88. The van der Waals surface area contributed by atoms with E-state index in [1.807, 2.05) is 54.6 Å². The fourth-order valence-corrected chi connectivity index (χ4v) is 3.09. The molecule has 0 unspecified atom stereocenters. The number of rotatable bonds is 5. The van der Waals surface area contributed by atoms with Crippen LogP contribution in [0.2, 0.25) is 0 Å². The summed E-state index contributed by atoms with van der Waals surface area (Å²) in [4.78, 5) is 29.9. The van der Waals surface area contributed by atoms with Crippen molar-refractivity contribution in [2.45, 2.75) is 0 Å². The van der Waals surface area contributed by atoms with Crippen molar-refractivity contribution in [3.8, 4) is 0 Å². The molecule has 4 aromatic rings. The standard InChI is InChI=1S/C25H19N3O2/c29-24(20-10-2-1-3-11-20)28-23(16-18-8-7-15-26-17-18)25(30)27-22-14-6-12-19-9-4-5-13-21(19)22/h1-17H,(H,27,30)(H,28,29)/b23-16-. The smallest absolute Gasteiger partial charge is 0.272 e. The Kier molecular flexibility index (Phi) is 5.62. The van der Waals surface area contributed by atoms with Crippen molar-refractivity contribution in [1.82, 2.24) is 10.3 Å². The Morgan fingerprint density at radius 2 is 1.57 bits per heavy atom. The van der Waals surface area contributed by atoms with E-state index in [4.69, 9.17) is 0 Å². The van der Waals surface area contributed by atoms with Gasteiger partial charge in [0.05, 0.1) is 0 Å². The first-order valence-corrected chi connectivity index (χ1v) is 9.48. The van der Waals surface area contributed by atoms with Crippen molar-refractivity contribution < 1.29 is 9.59 Å². The predicted octanol–water partition coefficient (Wildman–Crippen LogP) is 4.64. The highest BCUT2D eigenvalue weighted by Crippen LogP contribution is 2.23. The number of hydrogen-bond acceptors (Lipinski definition) is 3. The first-order chi connectivity index (χ1) is 14.7. The number of pyridine rings is 1. The Morgan fingerprint density at radius 1 is 0.800 bits per heavy atom. The molecule has 1 heterocycles. The molecule has 0 bridgehead atoms. The second kappa shape index (κ2) is 8.84. The summed E-state index contributed by atoms with van der Waals surface area (Å²) in [5.41, 5.74) is 1.97. The third-order valence-corrected chi connectivity index (χ3v) is 4.56. The Morgan fingerprint density at radius 3 is 2.37 bits per heavy atom. The average Bonchev–Trinajstić information content (AvgIpc) is 2.80. The van der Waals surface area contributed by atoms with E-state index in [0.29, 0.717) is 16.8 Å². The van der Waals surface area contributed by atoms with Gasteiger partial charge < -0.3 is 10.6 Å². The molecule has 0 spiro atoms. The lowest BCUT2D eigenvalue weighted by Crippen LogP contribution is -2.30. The van der Waals surface area contributed by atoms with E-state index in [1.54, 1.807) is 48.8 Å². The maximum absolute atomic E-state index is 13.1. The van der Waals surface area contributed by atoms with Gasteiger partial charge >= 0.3 is 0 Å². The van der Waals surface area contributed by atoms with E-state index < -0.39 is 5.91 Å². The molecule has 1 aromatic heterocycles. The fourth-order valence-electron chi connectivity index (χ4n) is 3.09. The molecule has 0 radical (unpaired) electrons. The van der Waals surface area contributed by atoms with Gasteiger partial charge in [-0.1, -0.05) is 60.7 Å². The highest BCUT2D eigenvalue weighted by Gasteiger charge is 2.16. The minimum absolute atomic E-state index is 0.129. The quantitative estimate of drug-likeness (QED) is 0.485. The third-order valence-electron chi connectivity index (χ3n) is 4.56. The molecule has 5 nitrogen and oxygen atoms in total. The number of benzene rings is 3. The molecule has 30 heavy (non-hydrogen) atoms. The third kappa shape index (κ3) is 4.42. The average molecular weight is 393 g/mol. The topological polar surface area (TPSA) is 71.1 Å². The number of nitrogens with zero attached hydrogens (tertiary/aromatic N) is 1. The van der Waals surface area contributed by atoms with E-state index in [-0.39, 0.29) is 11.6 Å². The summed E-state index contributed by atoms with van der Waals surface area (Å²) < 4.78 is 0. The van der Waals surface area contributed by atoms with Crippen LogP contribution in [0.1, 0.15) is 15.9 Å². The first-order valence-electron chi connectivity index (χ1n) is 9.48. The zero-order valence-corrected chi connectivity index (χ0v) is 16.1. The number of carbonyl (C=O) groups is 2. The molecule has 0 fully saturated rings. The van der Waals surface area contributed by atoms with Crippen molar-refractivity contribution in [3.05, 3.63) is 114 Å². The lowest BCUT2D eigenvalue weighted by Gasteiger charge is -2.13. The number of anilines is 1. The predicted molar refractivity (Wildman–Crippen MR) is 119 cm³/mol. The molecule has 4 rings (SSSR count). The monoisotopic (exact) mass is 393 g/mol. The largest absolute Gasteiger partial charge is 0.320 e. The number of carbonyl (C=O) groups excluding carboxylic acids is 2. The molecule has 0 aliphatic rings. The van der Waals surface area contributed by atoms with Crippen LogP contribution in [0.4, 0.5) is 5.69 Å². The summed E-state index contributed by atoms with van der Waals surface area (Å²) in [5, 5.41) is 7.59. The van der Waals surface area contributed by atoms with Gasteiger partial charge in [0.1, 0.15) is 5.70 Å². The summed E-state index contributed by atoms with van der Waals surface area (Å²) in [6, 6.07) is 25.8. The molecule has 0 aliphatic carbocycles. The summed E-state index contributed by atoms with van der Waals surface area (Å²) >= 11 is 0. The van der Waals surface area contributed by atoms with Gasteiger partial charge in [-0.2, -0.15) is 0 Å². The van der Waals surface area contributed by atoms with Gasteiger partial charge in [0.15, 0.2) is 0 Å². The minimum Gasteiger partial charge on any atom is -0.320 e. The number of hydrogen-bond donors (Lipinski definition) is 2. The van der Waals surface area contributed by atoms with Gasteiger partial charge in [0, 0.05) is 29.0 Å². The van der Waals surface area contributed by atoms with Crippen LogP contribution in [0.3, 0.4) is 0 Å². The normalized spacial score (nSPS) is 11.1. The molecule has 5 heteroatoms. The molecule has 0 saturated carbocycles. The van der Waals surface area contributed by atoms with E-state index in [2.05, 4.69) is 15.6 Å². The molecule has 0 saturated heterocycles. The highest BCUT2D eigenvalue weighted by atomic mass is 16.2. The summed E-state index contributed by atoms with van der Waals surface area (Å²) in [7, 11) is 0. The van der Waals surface area contributed by atoms with E-state index in [0.717, 1.165) is 10.8 Å². The molecule has 0 aliphatic heterocycles. The molecule has 146 valence electrons. The van der Waals surface area contributed by atoms with Gasteiger partial charge in [0.25, 0.3) is 11.8 Å². The van der Waals surface area contributed by atoms with Crippen LogP contribution in [0, 0.1) is 0 Å². The zero-order valence-electron chi connectivity index (χ0n) is 16.1. The van der Waals surface area contributed by atoms with Crippen molar-refractivity contribution in [2.75, 3.05) is 5.32 Å². The summed E-state index contributed by atoms with van der Waals surface area (Å²) in [6.45, 7) is 0. The van der Waals surface area contributed by atoms with Gasteiger partial charge in [0.2, 0.25) is 0 Å². The zero-order chi connectivity index (χ0) is 20.8. The van der Waals surface area contributed by atoms with Crippen molar-refractivity contribution in [1.29, 1.82) is 0 Å². The Labute approximate surface area is 174 Å². The molecule has 3 aromatic carbocycles. The van der Waals surface area contributed by atoms with Crippen LogP contribution in [0.5, 0.6) is 0 Å². The van der Waals surface area contributed by atoms with Crippen LogP contribution < -0.4 is 10.6 Å². The fraction of sp³-hybridized carbons (Fsp3) is 0. The Hall–Kier alpha value is -4.25. The van der Waals surface area contributed by atoms with Crippen molar-refractivity contribution in [2.24, 2.45) is 0 Å². The molecular formula is C25H19N3O2.